The van der Waals surface area contributed by atoms with E-state index in [1.54, 1.807) is 10.7 Å². The van der Waals surface area contributed by atoms with Crippen LogP contribution in [0.5, 0.6) is 0 Å². The molecule has 3 aromatic heterocycles. The van der Waals surface area contributed by atoms with Gasteiger partial charge in [-0.1, -0.05) is 5.21 Å². The molecule has 0 aliphatic carbocycles. The van der Waals surface area contributed by atoms with E-state index in [1.807, 2.05) is 45.0 Å². The van der Waals surface area contributed by atoms with Gasteiger partial charge in [0, 0.05) is 16.8 Å². The SMILES string of the molecule is Cc1cc2cnnn2c(C)c1C(=O)Nc1ccc2n[nH]c(C)c2c1. The van der Waals surface area contributed by atoms with E-state index in [1.165, 1.54) is 0 Å². The minimum atomic E-state index is -0.164. The Balaban J connectivity index is 1.74. The number of hydrogen-bond donors (Lipinski definition) is 2. The second kappa shape index (κ2) is 5.16. The normalized spacial score (nSPS) is 11.3. The van der Waals surface area contributed by atoms with Crippen LogP contribution < -0.4 is 5.32 Å². The maximum absolute atomic E-state index is 12.8. The number of aromatic nitrogens is 5. The van der Waals surface area contributed by atoms with Crippen molar-refractivity contribution in [2.24, 2.45) is 0 Å². The fourth-order valence-corrected chi connectivity index (χ4v) is 3.04. The minimum Gasteiger partial charge on any atom is -0.322 e. The van der Waals surface area contributed by atoms with Gasteiger partial charge in [0.25, 0.3) is 5.91 Å². The zero-order valence-electron chi connectivity index (χ0n) is 13.6. The zero-order valence-corrected chi connectivity index (χ0v) is 13.6. The van der Waals surface area contributed by atoms with Crippen LogP contribution in [-0.2, 0) is 0 Å². The first-order valence-electron chi connectivity index (χ1n) is 7.61. The van der Waals surface area contributed by atoms with E-state index in [0.717, 1.165) is 39.1 Å². The molecule has 0 aliphatic rings. The highest BCUT2D eigenvalue weighted by Crippen LogP contribution is 2.22. The fourth-order valence-electron chi connectivity index (χ4n) is 3.04. The second-order valence-corrected chi connectivity index (χ2v) is 5.89. The molecule has 1 aromatic carbocycles. The first kappa shape index (κ1) is 14.4. The van der Waals surface area contributed by atoms with Gasteiger partial charge in [-0.05, 0) is 50.6 Å². The van der Waals surface area contributed by atoms with Crippen LogP contribution in [0.25, 0.3) is 16.4 Å². The molecule has 1 amide bonds. The number of amides is 1. The third-order valence-corrected chi connectivity index (χ3v) is 4.24. The van der Waals surface area contributed by atoms with E-state index < -0.39 is 0 Å². The molecule has 7 heteroatoms. The smallest absolute Gasteiger partial charge is 0.257 e. The van der Waals surface area contributed by atoms with Crippen molar-refractivity contribution in [3.63, 3.8) is 0 Å². The van der Waals surface area contributed by atoms with Crippen LogP contribution in [0.4, 0.5) is 5.69 Å². The molecular formula is C17H16N6O. The number of carbonyl (C=O) groups excluding carboxylic acids is 1. The number of rotatable bonds is 2. The molecule has 3 heterocycles. The number of nitrogens with one attached hydrogen (secondary N) is 2. The van der Waals surface area contributed by atoms with Crippen LogP contribution in [0.15, 0.2) is 30.5 Å². The Morgan fingerprint density at radius 1 is 1.21 bits per heavy atom. The van der Waals surface area contributed by atoms with E-state index >= 15 is 0 Å². The summed E-state index contributed by atoms with van der Waals surface area (Å²) in [6.45, 7) is 5.74. The van der Waals surface area contributed by atoms with Gasteiger partial charge in [0.1, 0.15) is 0 Å². The third kappa shape index (κ3) is 2.13. The first-order chi connectivity index (χ1) is 11.5. The molecule has 7 nitrogen and oxygen atoms in total. The van der Waals surface area contributed by atoms with Gasteiger partial charge < -0.3 is 5.32 Å². The molecule has 0 bridgehead atoms. The molecule has 4 rings (SSSR count). The van der Waals surface area contributed by atoms with Gasteiger partial charge in [-0.25, -0.2) is 4.52 Å². The Labute approximate surface area is 137 Å². The fraction of sp³-hybridized carbons (Fsp3) is 0.176. The van der Waals surface area contributed by atoms with Crippen molar-refractivity contribution in [2.75, 3.05) is 5.32 Å². The summed E-state index contributed by atoms with van der Waals surface area (Å²) in [6, 6.07) is 7.56. The second-order valence-electron chi connectivity index (χ2n) is 5.89. The first-order valence-corrected chi connectivity index (χ1v) is 7.61. The molecular weight excluding hydrogens is 304 g/mol. The molecule has 0 spiro atoms. The van der Waals surface area contributed by atoms with E-state index in [0.29, 0.717) is 5.56 Å². The monoisotopic (exact) mass is 320 g/mol. The summed E-state index contributed by atoms with van der Waals surface area (Å²) in [5, 5.41) is 19.0. The quantitative estimate of drug-likeness (QED) is 0.594. The summed E-state index contributed by atoms with van der Waals surface area (Å²) in [5.41, 5.74) is 5.71. The summed E-state index contributed by atoms with van der Waals surface area (Å²) < 4.78 is 1.67. The zero-order chi connectivity index (χ0) is 16.8. The molecule has 0 unspecified atom stereocenters. The molecule has 0 saturated heterocycles. The molecule has 0 atom stereocenters. The minimum absolute atomic E-state index is 0.164. The molecule has 24 heavy (non-hydrogen) atoms. The van der Waals surface area contributed by atoms with Gasteiger partial charge in [0.15, 0.2) is 0 Å². The van der Waals surface area contributed by atoms with Crippen molar-refractivity contribution in [1.29, 1.82) is 0 Å². The molecule has 2 N–H and O–H groups in total. The summed E-state index contributed by atoms with van der Waals surface area (Å²) in [5.74, 6) is -0.164. The molecule has 0 aliphatic heterocycles. The molecule has 0 radical (unpaired) electrons. The number of pyridine rings is 1. The molecule has 4 aromatic rings. The summed E-state index contributed by atoms with van der Waals surface area (Å²) >= 11 is 0. The number of aromatic amines is 1. The van der Waals surface area contributed by atoms with Crippen molar-refractivity contribution in [1.82, 2.24) is 25.0 Å². The largest absolute Gasteiger partial charge is 0.322 e. The Kier molecular flexibility index (Phi) is 3.09. The highest BCUT2D eigenvalue weighted by Gasteiger charge is 2.17. The summed E-state index contributed by atoms with van der Waals surface area (Å²) in [6.07, 6.45) is 1.68. The topological polar surface area (TPSA) is 88.0 Å². The maximum Gasteiger partial charge on any atom is 0.257 e. The van der Waals surface area contributed by atoms with E-state index in [9.17, 15) is 4.79 Å². The molecule has 0 fully saturated rings. The van der Waals surface area contributed by atoms with Gasteiger partial charge in [-0.15, -0.1) is 5.10 Å². The van der Waals surface area contributed by atoms with Gasteiger partial charge >= 0.3 is 0 Å². The van der Waals surface area contributed by atoms with Gasteiger partial charge in [0.2, 0.25) is 0 Å². The van der Waals surface area contributed by atoms with E-state index in [4.69, 9.17) is 0 Å². The number of fused-ring (bicyclic) bond motifs is 2. The van der Waals surface area contributed by atoms with Crippen LogP contribution in [0.2, 0.25) is 0 Å². The Morgan fingerprint density at radius 3 is 2.88 bits per heavy atom. The lowest BCUT2D eigenvalue weighted by molar-refractivity contribution is 0.102. The Bertz CT molecular complexity index is 1090. The Hall–Kier alpha value is -3.22. The highest BCUT2D eigenvalue weighted by atomic mass is 16.1. The third-order valence-electron chi connectivity index (χ3n) is 4.24. The van der Waals surface area contributed by atoms with Crippen LogP contribution in [0.3, 0.4) is 0 Å². The average Bonchev–Trinajstić information content (AvgIpc) is 3.15. The van der Waals surface area contributed by atoms with Gasteiger partial charge in [0.05, 0.1) is 28.5 Å². The van der Waals surface area contributed by atoms with Crippen molar-refractivity contribution < 1.29 is 4.79 Å². The van der Waals surface area contributed by atoms with Crippen molar-refractivity contribution in [2.45, 2.75) is 20.8 Å². The predicted molar refractivity (Wildman–Crippen MR) is 91.2 cm³/mol. The number of hydrogen-bond acceptors (Lipinski definition) is 4. The summed E-state index contributed by atoms with van der Waals surface area (Å²) in [7, 11) is 0. The van der Waals surface area contributed by atoms with Crippen molar-refractivity contribution in [3.05, 3.63) is 53.0 Å². The van der Waals surface area contributed by atoms with Crippen LogP contribution in [0, 0.1) is 20.8 Å². The van der Waals surface area contributed by atoms with Crippen LogP contribution in [0.1, 0.15) is 27.3 Å². The summed E-state index contributed by atoms with van der Waals surface area (Å²) in [4.78, 5) is 12.8. The number of aryl methyl sites for hydroxylation is 3. The van der Waals surface area contributed by atoms with Gasteiger partial charge in [-0.2, -0.15) is 5.10 Å². The highest BCUT2D eigenvalue weighted by molar-refractivity contribution is 6.07. The van der Waals surface area contributed by atoms with Crippen LogP contribution >= 0.6 is 0 Å². The average molecular weight is 320 g/mol. The lowest BCUT2D eigenvalue weighted by atomic mass is 10.1. The van der Waals surface area contributed by atoms with E-state index in [2.05, 4.69) is 25.8 Å². The number of anilines is 1. The lowest BCUT2D eigenvalue weighted by Crippen LogP contribution is -2.17. The maximum atomic E-state index is 12.8. The van der Waals surface area contributed by atoms with Crippen LogP contribution in [-0.4, -0.2) is 30.9 Å². The molecule has 0 saturated carbocycles. The van der Waals surface area contributed by atoms with Crippen molar-refractivity contribution >= 4 is 28.0 Å². The molecule has 120 valence electrons. The Morgan fingerprint density at radius 2 is 2.04 bits per heavy atom. The number of nitrogens with zero attached hydrogens (tertiary/aromatic N) is 4. The lowest BCUT2D eigenvalue weighted by Gasteiger charge is -2.12. The predicted octanol–water partition coefficient (Wildman–Crippen LogP) is 2.78. The number of H-pyrrole nitrogens is 1. The number of benzene rings is 1. The van der Waals surface area contributed by atoms with Gasteiger partial charge in [-0.3, -0.25) is 9.89 Å². The van der Waals surface area contributed by atoms with Crippen molar-refractivity contribution in [3.8, 4) is 0 Å². The number of carbonyl (C=O) groups is 1. The van der Waals surface area contributed by atoms with E-state index in [-0.39, 0.29) is 5.91 Å². The standard InChI is InChI=1S/C17H16N6O/c1-9-6-13-8-18-22-23(13)11(3)16(9)17(24)19-12-4-5-15-14(7-12)10(2)20-21-15/h4-8H,1-3H3,(H,19,24)(H,20,21).